The molecule has 10 radical (unpaired) electrons. The maximum absolute atomic E-state index is 6.20. The summed E-state index contributed by atoms with van der Waals surface area (Å²) in [6.45, 7) is 1.29. The van der Waals surface area contributed by atoms with E-state index < -0.39 is 7.92 Å². The Labute approximate surface area is 212 Å². The molecule has 0 N–H and O–H groups in total. The Bertz CT molecular complexity index is 722. The molecular formula is C28H29FeO3P. The molecular weight excluding hydrogens is 471 g/mol. The molecule has 2 aliphatic carbocycles. The molecule has 2 atom stereocenters. The van der Waals surface area contributed by atoms with E-state index >= 15 is 0 Å². The zero-order valence-corrected chi connectivity index (χ0v) is 20.7. The standard InChI is InChI=1S/C23H24O3P.C5H5.Fe/c1-24-17-18-15-16-25-23(26-18)21-13-8-14-22(21)27(19-9-4-2-5-10-19)20-11-6-3-7-12-20;1-2-4-5-3-1;/h2-14,18,23H,15-17H2,1H3;1-5H;/t18-,23-;;/m0../s1. The van der Waals surface area contributed by atoms with Crippen LogP contribution >= 0.6 is 7.92 Å². The molecule has 2 saturated carbocycles. The quantitative estimate of drug-likeness (QED) is 0.427. The van der Waals surface area contributed by atoms with Crippen LogP contribution in [-0.4, -0.2) is 32.7 Å². The van der Waals surface area contributed by atoms with Gasteiger partial charge in [-0.2, -0.15) is 0 Å². The van der Waals surface area contributed by atoms with Crippen LogP contribution in [0.5, 0.6) is 0 Å². The number of ether oxygens (including phenoxy) is 3. The van der Waals surface area contributed by atoms with Gasteiger partial charge >= 0.3 is 0 Å². The van der Waals surface area contributed by atoms with Crippen LogP contribution in [0.3, 0.4) is 0 Å². The number of methoxy groups -OCH3 is 1. The Hall–Kier alpha value is -0.731. The van der Waals surface area contributed by atoms with Crippen LogP contribution in [0, 0.1) is 62.9 Å². The molecule has 3 nitrogen and oxygen atoms in total. The summed E-state index contributed by atoms with van der Waals surface area (Å²) in [5.74, 6) is 1.13. The monoisotopic (exact) mass is 500 g/mol. The maximum Gasteiger partial charge on any atom is 0.165 e. The topological polar surface area (TPSA) is 27.7 Å². The molecule has 5 heteroatoms. The van der Waals surface area contributed by atoms with E-state index in [0.717, 1.165) is 12.3 Å². The average Bonchev–Trinajstić information content (AvgIpc) is 3.57. The van der Waals surface area contributed by atoms with Crippen LogP contribution in [0.25, 0.3) is 0 Å². The molecule has 0 aromatic heterocycles. The molecule has 0 unspecified atom stereocenters. The fraction of sp³-hybridized carbons (Fsp3) is 0.214. The second kappa shape index (κ2) is 14.6. The van der Waals surface area contributed by atoms with E-state index in [1.807, 2.05) is 32.1 Å². The SMILES string of the molecule is COC[C@@H]1CCO[C@H]([C]2[CH][CH][CH][C]2P(c2ccccc2)c2ccccc2)O1.[CH]1[CH][CH][CH][CH]1.[Fe]. The van der Waals surface area contributed by atoms with Crippen LogP contribution in [0.2, 0.25) is 0 Å². The molecule has 2 aromatic rings. The maximum atomic E-state index is 6.20. The van der Waals surface area contributed by atoms with Gasteiger partial charge in [0.25, 0.3) is 0 Å². The van der Waals surface area contributed by atoms with Crippen molar-refractivity contribution in [1.82, 2.24) is 0 Å². The van der Waals surface area contributed by atoms with Gasteiger partial charge in [0.1, 0.15) is 0 Å². The van der Waals surface area contributed by atoms with Gasteiger partial charge in [0.05, 0.1) is 19.3 Å². The van der Waals surface area contributed by atoms with Gasteiger partial charge in [-0.25, -0.2) is 0 Å². The summed E-state index contributed by atoms with van der Waals surface area (Å²) in [6.07, 6.45) is 17.1. The van der Waals surface area contributed by atoms with Crippen LogP contribution < -0.4 is 10.6 Å². The van der Waals surface area contributed by atoms with E-state index in [-0.39, 0.29) is 29.5 Å². The molecule has 1 heterocycles. The van der Waals surface area contributed by atoms with Gasteiger partial charge in [-0.1, -0.05) is 60.7 Å². The summed E-state index contributed by atoms with van der Waals surface area (Å²) in [4.78, 5) is 0. The largest absolute Gasteiger partial charge is 0.382 e. The molecule has 0 bridgehead atoms. The van der Waals surface area contributed by atoms with Gasteiger partial charge in [-0.15, -0.1) is 0 Å². The minimum Gasteiger partial charge on any atom is -0.382 e. The van der Waals surface area contributed by atoms with Gasteiger partial charge in [0.15, 0.2) is 6.29 Å². The van der Waals surface area contributed by atoms with Crippen molar-refractivity contribution in [2.75, 3.05) is 20.3 Å². The van der Waals surface area contributed by atoms with Crippen LogP contribution in [0.15, 0.2) is 60.7 Å². The van der Waals surface area contributed by atoms with Gasteiger partial charge < -0.3 is 14.2 Å². The van der Waals surface area contributed by atoms with E-state index in [1.54, 1.807) is 7.11 Å². The Kier molecular flexibility index (Phi) is 11.9. The Morgan fingerprint density at radius 2 is 1.39 bits per heavy atom. The fourth-order valence-corrected chi connectivity index (χ4v) is 6.26. The zero-order chi connectivity index (χ0) is 22.0. The molecule has 3 fully saturated rings. The van der Waals surface area contributed by atoms with Crippen molar-refractivity contribution < 1.29 is 31.3 Å². The number of rotatable bonds is 6. The van der Waals surface area contributed by atoms with E-state index in [1.165, 1.54) is 16.3 Å². The minimum atomic E-state index is -0.668. The Morgan fingerprint density at radius 3 is 1.94 bits per heavy atom. The fourth-order valence-electron chi connectivity index (χ4n) is 3.79. The van der Waals surface area contributed by atoms with Crippen molar-refractivity contribution in [3.8, 4) is 0 Å². The molecule has 0 spiro atoms. The van der Waals surface area contributed by atoms with Crippen molar-refractivity contribution in [3.63, 3.8) is 0 Å². The van der Waals surface area contributed by atoms with E-state index in [4.69, 9.17) is 14.2 Å². The first-order valence-electron chi connectivity index (χ1n) is 11.0. The first-order chi connectivity index (χ1) is 15.9. The third-order valence-corrected chi connectivity index (χ3v) is 7.80. The van der Waals surface area contributed by atoms with Crippen molar-refractivity contribution in [2.45, 2.75) is 18.8 Å². The van der Waals surface area contributed by atoms with Gasteiger partial charge in [-0.3, -0.25) is 0 Å². The van der Waals surface area contributed by atoms with Crippen LogP contribution in [0.4, 0.5) is 0 Å². The molecule has 0 amide bonds. The molecule has 172 valence electrons. The van der Waals surface area contributed by atoms with E-state index in [2.05, 4.69) is 79.9 Å². The normalized spacial score (nSPS) is 23.7. The third kappa shape index (κ3) is 7.63. The summed E-state index contributed by atoms with van der Waals surface area (Å²) in [5, 5.41) is 2.66. The second-order valence-electron chi connectivity index (χ2n) is 7.54. The molecule has 1 aliphatic heterocycles. The minimum absolute atomic E-state index is 0. The molecule has 3 aliphatic rings. The van der Waals surface area contributed by atoms with Crippen LogP contribution in [-0.2, 0) is 31.3 Å². The summed E-state index contributed by atoms with van der Waals surface area (Å²) >= 11 is 0. The smallest absolute Gasteiger partial charge is 0.165 e. The Morgan fingerprint density at radius 1 is 0.818 bits per heavy atom. The van der Waals surface area contributed by atoms with Crippen molar-refractivity contribution in [1.29, 1.82) is 0 Å². The summed E-state index contributed by atoms with van der Waals surface area (Å²) in [7, 11) is 1.05. The van der Waals surface area contributed by atoms with Gasteiger partial charge in [0.2, 0.25) is 0 Å². The van der Waals surface area contributed by atoms with Crippen LogP contribution in [0.1, 0.15) is 6.42 Å². The number of benzene rings is 2. The summed E-state index contributed by atoms with van der Waals surface area (Å²) in [5.41, 5.74) is 1.30. The molecule has 5 rings (SSSR count). The van der Waals surface area contributed by atoms with Crippen molar-refractivity contribution in [3.05, 3.63) is 124 Å². The van der Waals surface area contributed by atoms with E-state index in [9.17, 15) is 0 Å². The number of hydrogen-bond donors (Lipinski definition) is 0. The molecule has 2 aromatic carbocycles. The second-order valence-corrected chi connectivity index (χ2v) is 9.73. The molecule has 1 saturated heterocycles. The summed E-state index contributed by atoms with van der Waals surface area (Å²) in [6, 6.07) is 21.4. The Balaban J connectivity index is 0.000000453. The van der Waals surface area contributed by atoms with Crippen molar-refractivity contribution in [2.24, 2.45) is 0 Å². The first kappa shape index (κ1) is 26.9. The summed E-state index contributed by atoms with van der Waals surface area (Å²) < 4.78 is 17.5. The predicted octanol–water partition coefficient (Wildman–Crippen LogP) is 4.65. The number of hydrogen-bond acceptors (Lipinski definition) is 3. The predicted molar refractivity (Wildman–Crippen MR) is 131 cm³/mol. The average molecular weight is 500 g/mol. The van der Waals surface area contributed by atoms with Gasteiger partial charge in [-0.05, 0) is 76.3 Å². The zero-order valence-electron chi connectivity index (χ0n) is 18.7. The van der Waals surface area contributed by atoms with Gasteiger partial charge in [0, 0.05) is 35.8 Å². The molecule has 33 heavy (non-hydrogen) atoms. The third-order valence-electron chi connectivity index (χ3n) is 5.28. The van der Waals surface area contributed by atoms with Crippen molar-refractivity contribution >= 4 is 18.5 Å². The first-order valence-corrected chi connectivity index (χ1v) is 12.3. The van der Waals surface area contributed by atoms with E-state index in [0.29, 0.717) is 13.2 Å².